The van der Waals surface area contributed by atoms with Crippen LogP contribution < -0.4 is 10.0 Å². The molecule has 0 aliphatic heterocycles. The molecule has 0 unspecified atom stereocenters. The molecular formula is C12H17N5O2S. The molecule has 0 amide bonds. The number of nitrogens with one attached hydrogen (secondary N) is 2. The highest BCUT2D eigenvalue weighted by molar-refractivity contribution is 7.89. The van der Waals surface area contributed by atoms with Gasteiger partial charge in [-0.25, -0.2) is 13.1 Å². The molecule has 2 heterocycles. The monoisotopic (exact) mass is 295 g/mol. The molecule has 0 aliphatic rings. The lowest BCUT2D eigenvalue weighted by molar-refractivity contribution is 0.561. The summed E-state index contributed by atoms with van der Waals surface area (Å²) in [5.74, 6) is 0. The maximum absolute atomic E-state index is 12.2. The number of hydrogen-bond acceptors (Lipinski definition) is 5. The molecule has 0 aromatic carbocycles. The summed E-state index contributed by atoms with van der Waals surface area (Å²) in [6, 6.07) is 3.43. The van der Waals surface area contributed by atoms with Gasteiger partial charge in [-0.3, -0.25) is 9.67 Å². The molecule has 0 bridgehead atoms. The summed E-state index contributed by atoms with van der Waals surface area (Å²) >= 11 is 0. The third-order valence-electron chi connectivity index (χ3n) is 2.63. The molecule has 108 valence electrons. The van der Waals surface area contributed by atoms with Crippen LogP contribution in [0, 0.1) is 0 Å². The molecule has 0 saturated carbocycles. The molecule has 2 rings (SSSR count). The fraction of sp³-hybridized carbons (Fsp3) is 0.333. The Labute approximate surface area is 118 Å². The molecule has 0 atom stereocenters. The van der Waals surface area contributed by atoms with Crippen molar-refractivity contribution in [3.63, 3.8) is 0 Å². The van der Waals surface area contributed by atoms with Gasteiger partial charge in [0.1, 0.15) is 4.90 Å². The Balaban J connectivity index is 2.06. The van der Waals surface area contributed by atoms with Crippen LogP contribution in [0.3, 0.4) is 0 Å². The van der Waals surface area contributed by atoms with E-state index in [2.05, 4.69) is 20.1 Å². The molecule has 2 N–H and O–H groups in total. The Morgan fingerprint density at radius 1 is 1.35 bits per heavy atom. The van der Waals surface area contributed by atoms with Crippen LogP contribution in [0.25, 0.3) is 0 Å². The zero-order valence-electron chi connectivity index (χ0n) is 11.2. The van der Waals surface area contributed by atoms with Crippen LogP contribution in [0.15, 0.2) is 41.8 Å². The van der Waals surface area contributed by atoms with Crippen molar-refractivity contribution < 1.29 is 8.42 Å². The van der Waals surface area contributed by atoms with Crippen LogP contribution in [0.2, 0.25) is 0 Å². The first-order valence-corrected chi connectivity index (χ1v) is 7.77. The van der Waals surface area contributed by atoms with Crippen LogP contribution >= 0.6 is 0 Å². The lowest BCUT2D eigenvalue weighted by Crippen LogP contribution is -2.28. The van der Waals surface area contributed by atoms with Crippen molar-refractivity contribution in [1.29, 1.82) is 0 Å². The van der Waals surface area contributed by atoms with E-state index in [1.165, 1.54) is 6.20 Å². The average Bonchev–Trinajstić information content (AvgIpc) is 2.92. The minimum atomic E-state index is -3.58. The lowest BCUT2D eigenvalue weighted by atomic mass is 10.4. The van der Waals surface area contributed by atoms with E-state index in [1.54, 1.807) is 35.4 Å². The fourth-order valence-electron chi connectivity index (χ4n) is 1.74. The number of pyridine rings is 1. The normalized spacial score (nSPS) is 11.4. The van der Waals surface area contributed by atoms with Crippen LogP contribution in [0.4, 0.5) is 5.69 Å². The van der Waals surface area contributed by atoms with Gasteiger partial charge in [0.05, 0.1) is 12.2 Å². The predicted molar refractivity (Wildman–Crippen MR) is 75.8 cm³/mol. The Morgan fingerprint density at radius 2 is 2.20 bits per heavy atom. The van der Waals surface area contributed by atoms with E-state index in [9.17, 15) is 8.42 Å². The largest absolute Gasteiger partial charge is 0.384 e. The number of anilines is 1. The molecule has 0 fully saturated rings. The van der Waals surface area contributed by atoms with Crippen molar-refractivity contribution in [2.75, 3.05) is 18.4 Å². The highest BCUT2D eigenvalue weighted by atomic mass is 32.2. The van der Waals surface area contributed by atoms with Gasteiger partial charge in [-0.15, -0.1) is 0 Å². The fourth-order valence-corrected chi connectivity index (χ4v) is 2.88. The lowest BCUT2D eigenvalue weighted by Gasteiger charge is -2.11. The Bertz CT molecular complexity index is 640. The average molecular weight is 295 g/mol. The SMILES string of the molecule is CCNc1ccncc1S(=O)(=O)NCCn1cccn1. The van der Waals surface area contributed by atoms with Gasteiger partial charge in [-0.2, -0.15) is 5.10 Å². The Morgan fingerprint density at radius 3 is 2.90 bits per heavy atom. The van der Waals surface area contributed by atoms with E-state index in [4.69, 9.17) is 0 Å². The summed E-state index contributed by atoms with van der Waals surface area (Å²) in [5.41, 5.74) is 0.550. The third-order valence-corrected chi connectivity index (χ3v) is 4.12. The summed E-state index contributed by atoms with van der Waals surface area (Å²) in [5, 5.41) is 7.02. The molecule has 20 heavy (non-hydrogen) atoms. The van der Waals surface area contributed by atoms with Crippen molar-refractivity contribution in [2.24, 2.45) is 0 Å². The zero-order chi connectivity index (χ0) is 14.4. The maximum Gasteiger partial charge on any atom is 0.244 e. The summed E-state index contributed by atoms with van der Waals surface area (Å²) in [6.45, 7) is 3.29. The van der Waals surface area contributed by atoms with Gasteiger partial charge in [-0.05, 0) is 19.1 Å². The second kappa shape index (κ2) is 6.49. The van der Waals surface area contributed by atoms with E-state index in [0.29, 0.717) is 18.8 Å². The standard InChI is InChI=1S/C12H17N5O2S/c1-2-14-11-4-6-13-10-12(11)20(18,19)16-7-9-17-8-3-5-15-17/h3-6,8,10,16H,2,7,9H2,1H3,(H,13,14). The summed E-state index contributed by atoms with van der Waals surface area (Å²) in [7, 11) is -3.58. The van der Waals surface area contributed by atoms with Crippen molar-refractivity contribution in [1.82, 2.24) is 19.5 Å². The Hall–Kier alpha value is -1.93. The van der Waals surface area contributed by atoms with E-state index in [-0.39, 0.29) is 11.4 Å². The van der Waals surface area contributed by atoms with Crippen LogP contribution in [0.1, 0.15) is 6.92 Å². The molecule has 7 nitrogen and oxygen atoms in total. The van der Waals surface area contributed by atoms with Crippen molar-refractivity contribution in [2.45, 2.75) is 18.4 Å². The molecule has 0 aliphatic carbocycles. The minimum absolute atomic E-state index is 0.155. The number of rotatable bonds is 7. The van der Waals surface area contributed by atoms with Gasteiger partial charge in [0.25, 0.3) is 0 Å². The van der Waals surface area contributed by atoms with E-state index in [1.807, 2.05) is 6.92 Å². The molecule has 8 heteroatoms. The summed E-state index contributed by atoms with van der Waals surface area (Å²) in [6.07, 6.45) is 6.33. The van der Waals surface area contributed by atoms with Gasteiger partial charge in [0.15, 0.2) is 0 Å². The number of nitrogens with zero attached hydrogens (tertiary/aromatic N) is 3. The van der Waals surface area contributed by atoms with Crippen molar-refractivity contribution in [3.8, 4) is 0 Å². The van der Waals surface area contributed by atoms with E-state index < -0.39 is 10.0 Å². The second-order valence-electron chi connectivity index (χ2n) is 4.07. The van der Waals surface area contributed by atoms with Gasteiger partial charge in [0, 0.05) is 37.9 Å². The maximum atomic E-state index is 12.2. The summed E-state index contributed by atoms with van der Waals surface area (Å²) in [4.78, 5) is 4.03. The van der Waals surface area contributed by atoms with Gasteiger partial charge in [-0.1, -0.05) is 0 Å². The second-order valence-corrected chi connectivity index (χ2v) is 5.80. The van der Waals surface area contributed by atoms with Gasteiger partial charge in [0.2, 0.25) is 10.0 Å². The molecule has 2 aromatic rings. The predicted octanol–water partition coefficient (Wildman–Crippen LogP) is 0.688. The van der Waals surface area contributed by atoms with E-state index >= 15 is 0 Å². The van der Waals surface area contributed by atoms with Crippen molar-refractivity contribution in [3.05, 3.63) is 36.9 Å². The molecule has 0 radical (unpaired) electrons. The summed E-state index contributed by atoms with van der Waals surface area (Å²) < 4.78 is 28.7. The molecule has 0 spiro atoms. The van der Waals surface area contributed by atoms with Gasteiger partial charge < -0.3 is 5.32 Å². The van der Waals surface area contributed by atoms with Crippen molar-refractivity contribution >= 4 is 15.7 Å². The molecular weight excluding hydrogens is 278 g/mol. The van der Waals surface area contributed by atoms with Gasteiger partial charge >= 0.3 is 0 Å². The molecule has 0 saturated heterocycles. The zero-order valence-corrected chi connectivity index (χ0v) is 12.0. The number of aromatic nitrogens is 3. The topological polar surface area (TPSA) is 88.9 Å². The highest BCUT2D eigenvalue weighted by Gasteiger charge is 2.17. The first-order valence-electron chi connectivity index (χ1n) is 6.28. The van der Waals surface area contributed by atoms with Crippen LogP contribution in [-0.4, -0.2) is 36.3 Å². The smallest absolute Gasteiger partial charge is 0.244 e. The third kappa shape index (κ3) is 3.55. The molecule has 2 aromatic heterocycles. The first kappa shape index (κ1) is 14.5. The Kier molecular flexibility index (Phi) is 4.70. The van der Waals surface area contributed by atoms with Crippen LogP contribution in [-0.2, 0) is 16.6 Å². The van der Waals surface area contributed by atoms with E-state index in [0.717, 1.165) is 0 Å². The minimum Gasteiger partial charge on any atom is -0.384 e. The number of hydrogen-bond donors (Lipinski definition) is 2. The number of sulfonamides is 1. The first-order chi connectivity index (χ1) is 9.63. The highest BCUT2D eigenvalue weighted by Crippen LogP contribution is 2.18. The van der Waals surface area contributed by atoms with Crippen LogP contribution in [0.5, 0.6) is 0 Å². The quantitative estimate of drug-likeness (QED) is 0.784.